The normalized spacial score (nSPS) is 11.9. The highest BCUT2D eigenvalue weighted by atomic mass is 32.2. The number of aryl methyl sites for hydroxylation is 1. The van der Waals surface area contributed by atoms with Crippen LogP contribution in [0, 0.1) is 17.0 Å². The quantitative estimate of drug-likeness (QED) is 0.0433. The Balaban J connectivity index is 1.96. The minimum absolute atomic E-state index is 0.114. The highest BCUT2D eigenvalue weighted by Crippen LogP contribution is 2.31. The predicted octanol–water partition coefficient (Wildman–Crippen LogP) is 6.50. The molecule has 0 saturated carbocycles. The molecule has 0 aliphatic rings. The van der Waals surface area contributed by atoms with Crippen molar-refractivity contribution in [2.24, 2.45) is 15.2 Å². The van der Waals surface area contributed by atoms with E-state index in [0.29, 0.717) is 29.0 Å². The van der Waals surface area contributed by atoms with Crippen LogP contribution in [-0.4, -0.2) is 29.9 Å². The smallest absolute Gasteiger partial charge is 0.282 e. The van der Waals surface area contributed by atoms with Gasteiger partial charge in [-0.1, -0.05) is 23.3 Å². The molecule has 2 N–H and O–H groups in total. The Kier molecular flexibility index (Phi) is 8.76. The maximum Gasteiger partial charge on any atom is 0.295 e. The Morgan fingerprint density at radius 3 is 2.36 bits per heavy atom. The van der Waals surface area contributed by atoms with Crippen LogP contribution >= 0.6 is 12.0 Å². The number of azo groups is 1. The summed E-state index contributed by atoms with van der Waals surface area (Å²) < 4.78 is 38.2. The highest BCUT2D eigenvalue weighted by molar-refractivity contribution is 7.94. The molecule has 3 aromatic rings. The molecule has 0 spiro atoms. The Labute approximate surface area is 209 Å². The van der Waals surface area contributed by atoms with Crippen molar-refractivity contribution >= 4 is 63.8 Å². The molecule has 3 aromatic carbocycles. The second kappa shape index (κ2) is 11.8. The molecule has 0 amide bonds. The minimum Gasteiger partial charge on any atom is -0.282 e. The SMILES string of the molecule is C=Nc1ccc(N=Nc2ccc(C=Cc3ccc([N+](=O)[O-])cc3SOOO)c(S(=O)(=O)O)c2)c(C)c1. The van der Waals surface area contributed by atoms with Gasteiger partial charge in [0.2, 0.25) is 0 Å². The number of nitro benzene ring substituents is 1. The third-order valence-corrected chi connectivity index (χ3v) is 6.29. The fourth-order valence-corrected chi connectivity index (χ4v) is 4.19. The van der Waals surface area contributed by atoms with E-state index < -0.39 is 19.9 Å². The largest absolute Gasteiger partial charge is 0.295 e. The second-order valence-corrected chi connectivity index (χ2v) is 9.20. The lowest BCUT2D eigenvalue weighted by Gasteiger charge is -2.06. The summed E-state index contributed by atoms with van der Waals surface area (Å²) in [5.41, 5.74) is 2.41. The average Bonchev–Trinajstić information content (AvgIpc) is 2.85. The average molecular weight is 531 g/mol. The maximum atomic E-state index is 12.0. The molecule has 12 nitrogen and oxygen atoms in total. The van der Waals surface area contributed by atoms with Gasteiger partial charge in [-0.25, -0.2) is 5.26 Å². The van der Waals surface area contributed by atoms with Gasteiger partial charge in [-0.15, -0.1) is 4.33 Å². The third kappa shape index (κ3) is 6.88. The van der Waals surface area contributed by atoms with Gasteiger partial charge in [0.1, 0.15) is 4.90 Å². The summed E-state index contributed by atoms with van der Waals surface area (Å²) in [6, 6.07) is 13.0. The van der Waals surface area contributed by atoms with E-state index in [4.69, 9.17) is 5.26 Å². The number of rotatable bonds is 10. The monoisotopic (exact) mass is 530 g/mol. The van der Waals surface area contributed by atoms with Crippen molar-refractivity contribution in [3.8, 4) is 0 Å². The van der Waals surface area contributed by atoms with Crippen molar-refractivity contribution in [1.82, 2.24) is 0 Å². The molecule has 0 atom stereocenters. The summed E-state index contributed by atoms with van der Waals surface area (Å²) in [5, 5.41) is 31.2. The van der Waals surface area contributed by atoms with Gasteiger partial charge in [0.25, 0.3) is 15.8 Å². The molecule has 0 fully saturated rings. The number of nitrogens with zero attached hydrogens (tertiary/aromatic N) is 4. The Morgan fingerprint density at radius 2 is 1.72 bits per heavy atom. The summed E-state index contributed by atoms with van der Waals surface area (Å²) in [5.74, 6) is 0. The lowest BCUT2D eigenvalue weighted by atomic mass is 10.1. The third-order valence-electron chi connectivity index (χ3n) is 4.72. The van der Waals surface area contributed by atoms with Crippen molar-refractivity contribution in [3.63, 3.8) is 0 Å². The van der Waals surface area contributed by atoms with Crippen LogP contribution in [0.2, 0.25) is 0 Å². The second-order valence-electron chi connectivity index (χ2n) is 7.06. The van der Waals surface area contributed by atoms with E-state index in [9.17, 15) is 23.1 Å². The first-order chi connectivity index (χ1) is 17.1. The summed E-state index contributed by atoms with van der Waals surface area (Å²) in [6.07, 6.45) is 2.82. The first-order valence-electron chi connectivity index (χ1n) is 9.84. The molecular formula is C22H18N4O8S2. The number of nitro groups is 1. The van der Waals surface area contributed by atoms with Crippen molar-refractivity contribution < 1.29 is 32.5 Å². The van der Waals surface area contributed by atoms with Crippen molar-refractivity contribution in [2.75, 3.05) is 0 Å². The van der Waals surface area contributed by atoms with Crippen LogP contribution in [-0.2, 0) is 19.5 Å². The van der Waals surface area contributed by atoms with Crippen molar-refractivity contribution in [1.29, 1.82) is 0 Å². The highest BCUT2D eigenvalue weighted by Gasteiger charge is 2.16. The van der Waals surface area contributed by atoms with Crippen LogP contribution in [0.3, 0.4) is 0 Å². The number of aliphatic imine (C=N–C) groups is 1. The predicted molar refractivity (Wildman–Crippen MR) is 134 cm³/mol. The zero-order valence-electron chi connectivity index (χ0n) is 18.5. The van der Waals surface area contributed by atoms with Crippen LogP contribution in [0.25, 0.3) is 12.2 Å². The van der Waals surface area contributed by atoms with Gasteiger partial charge in [0.15, 0.2) is 0 Å². The Hall–Kier alpha value is -3.79. The summed E-state index contributed by atoms with van der Waals surface area (Å²) in [6.45, 7) is 5.27. The molecule has 14 heteroatoms. The Morgan fingerprint density at radius 1 is 1.03 bits per heavy atom. The number of non-ortho nitro benzene ring substituents is 1. The molecule has 36 heavy (non-hydrogen) atoms. The topological polar surface area (TPSA) is 173 Å². The van der Waals surface area contributed by atoms with E-state index in [0.717, 1.165) is 11.6 Å². The van der Waals surface area contributed by atoms with Gasteiger partial charge < -0.3 is 0 Å². The number of hydrogen-bond acceptors (Lipinski definition) is 11. The van der Waals surface area contributed by atoms with Gasteiger partial charge >= 0.3 is 0 Å². The molecule has 3 rings (SSSR count). The lowest BCUT2D eigenvalue weighted by Crippen LogP contribution is -2.00. The maximum absolute atomic E-state index is 12.0. The van der Waals surface area contributed by atoms with E-state index in [1.807, 2.05) is 6.92 Å². The molecule has 186 valence electrons. The van der Waals surface area contributed by atoms with Gasteiger partial charge in [0, 0.05) is 12.1 Å². The van der Waals surface area contributed by atoms with E-state index in [2.05, 4.69) is 31.3 Å². The van der Waals surface area contributed by atoms with Crippen LogP contribution in [0.1, 0.15) is 16.7 Å². The fourth-order valence-electron chi connectivity index (χ4n) is 2.99. The van der Waals surface area contributed by atoms with E-state index in [-0.39, 0.29) is 21.8 Å². The molecule has 0 aliphatic heterocycles. The summed E-state index contributed by atoms with van der Waals surface area (Å²) in [7, 11) is -4.65. The van der Waals surface area contributed by atoms with Gasteiger partial charge in [-0.2, -0.15) is 18.6 Å². The lowest BCUT2D eigenvalue weighted by molar-refractivity contribution is -0.432. The van der Waals surface area contributed by atoms with Crippen LogP contribution in [0.15, 0.2) is 79.6 Å². The van der Waals surface area contributed by atoms with E-state index in [1.54, 1.807) is 18.2 Å². The first-order valence-corrected chi connectivity index (χ1v) is 12.0. The standard InChI is InChI=1S/C22H18N4O8S2/c1-14-11-17(23-2)8-10-20(14)25-24-18-7-5-16(22(12-18)36(30,31)32)4-3-15-6-9-19(26(27)28)13-21(15)35-34-33-29/h3-13,29H,2H2,1H3,(H,30,31,32). The molecule has 0 bridgehead atoms. The fraction of sp³-hybridized carbons (Fsp3) is 0.0455. The van der Waals surface area contributed by atoms with Crippen LogP contribution < -0.4 is 0 Å². The minimum atomic E-state index is -4.65. The van der Waals surface area contributed by atoms with Crippen molar-refractivity contribution in [3.05, 3.63) is 81.4 Å². The van der Waals surface area contributed by atoms with Gasteiger partial charge in [0.05, 0.1) is 38.9 Å². The molecule has 0 aromatic heterocycles. The molecule has 0 saturated heterocycles. The summed E-state index contributed by atoms with van der Waals surface area (Å²) in [4.78, 5) is 14.0. The molecule has 0 aliphatic carbocycles. The van der Waals surface area contributed by atoms with E-state index >= 15 is 0 Å². The first kappa shape index (κ1) is 26.8. The number of benzene rings is 3. The van der Waals surface area contributed by atoms with Crippen molar-refractivity contribution in [2.45, 2.75) is 16.7 Å². The zero-order chi connectivity index (χ0) is 26.3. The number of hydrogen-bond donors (Lipinski definition) is 2. The van der Waals surface area contributed by atoms with Gasteiger partial charge in [-0.05, 0) is 66.7 Å². The Bertz CT molecular complexity index is 1470. The zero-order valence-corrected chi connectivity index (χ0v) is 20.1. The van der Waals surface area contributed by atoms with E-state index in [1.165, 1.54) is 42.5 Å². The molecule has 0 unspecified atom stereocenters. The van der Waals surface area contributed by atoms with Crippen LogP contribution in [0.5, 0.6) is 0 Å². The molecule has 0 radical (unpaired) electrons. The molecule has 0 heterocycles. The molecular weight excluding hydrogens is 512 g/mol. The van der Waals surface area contributed by atoms with Crippen LogP contribution in [0.4, 0.5) is 22.7 Å². The van der Waals surface area contributed by atoms with Gasteiger partial charge in [-0.3, -0.25) is 19.7 Å². The summed E-state index contributed by atoms with van der Waals surface area (Å²) >= 11 is 0.502.